The van der Waals surface area contributed by atoms with Crippen LogP contribution in [-0.2, 0) is 27.4 Å². The molecule has 50 valence electrons. The van der Waals surface area contributed by atoms with Gasteiger partial charge in [-0.1, -0.05) is 0 Å². The third-order valence-corrected chi connectivity index (χ3v) is 0.144. The minimum absolute atomic E-state index is 0.347. The van der Waals surface area contributed by atoms with Crippen molar-refractivity contribution >= 4 is 0 Å². The summed E-state index contributed by atoms with van der Waals surface area (Å²) in [6, 6.07) is 0. The fourth-order valence-electron chi connectivity index (χ4n) is 0. The Morgan fingerprint density at radius 1 is 1.38 bits per heavy atom. The zero-order chi connectivity index (χ0) is 6.99. The fourth-order valence-corrected chi connectivity index (χ4v) is 0. The average Bonchev–Trinajstić information content (AvgIpc) is 1.65. The predicted molar refractivity (Wildman–Crippen MR) is 20.3 cm³/mol. The van der Waals surface area contributed by atoms with E-state index in [2.05, 4.69) is 0 Å². The first-order valence-corrected chi connectivity index (χ1v) is 4.22. The third-order valence-electron chi connectivity index (χ3n) is 0.144. The second-order valence-corrected chi connectivity index (χ2v) is 1.75. The van der Waals surface area contributed by atoms with Gasteiger partial charge in [-0.05, 0) is 6.54 Å². The van der Waals surface area contributed by atoms with Gasteiger partial charge in [-0.15, -0.1) is 6.54 Å². The van der Waals surface area contributed by atoms with Crippen LogP contribution in [0.4, 0.5) is 0 Å². The normalized spacial score (nSPS) is 6.75. The van der Waals surface area contributed by atoms with Crippen molar-refractivity contribution in [2.45, 2.75) is 0 Å². The summed E-state index contributed by atoms with van der Waals surface area (Å²) in [5.74, 6) is 0. The van der Waals surface area contributed by atoms with Gasteiger partial charge in [-0.25, -0.2) is 0 Å². The molecule has 5 nitrogen and oxygen atoms in total. The SMILES string of the molecule is [NH-]CCN.[O]=[Mo](=[O])=[O]. The van der Waals surface area contributed by atoms with E-state index in [9.17, 15) is 0 Å². The summed E-state index contributed by atoms with van der Waals surface area (Å²) in [6.07, 6.45) is 0. The van der Waals surface area contributed by atoms with E-state index in [0.717, 1.165) is 0 Å². The molecule has 0 saturated heterocycles. The van der Waals surface area contributed by atoms with E-state index in [4.69, 9.17) is 21.7 Å². The predicted octanol–water partition coefficient (Wildman–Crippen LogP) is -0.362. The second kappa shape index (κ2) is 10.1. The van der Waals surface area contributed by atoms with Gasteiger partial charge in [-0.2, -0.15) is 0 Å². The van der Waals surface area contributed by atoms with E-state index < -0.39 is 17.2 Å². The Kier molecular flexibility index (Phi) is 13.7. The number of nitrogens with one attached hydrogen (secondary N) is 1. The molecule has 3 N–H and O–H groups in total. The Labute approximate surface area is 52.5 Å². The standard InChI is InChI=1S/C2H7N2.Mo.3O/c3-1-2-4;;;;/h3H,1-2,4H2;;;;/q-1;;;;. The molecule has 0 saturated carbocycles. The summed E-state index contributed by atoms with van der Waals surface area (Å²) in [5.41, 5.74) is 11.2. The van der Waals surface area contributed by atoms with Gasteiger partial charge in [0.05, 0.1) is 0 Å². The molecule has 0 aromatic rings. The molecule has 0 aliphatic rings. The quantitative estimate of drug-likeness (QED) is 0.587. The minimum atomic E-state index is -4.11. The van der Waals surface area contributed by atoms with Crippen molar-refractivity contribution in [2.24, 2.45) is 5.73 Å². The van der Waals surface area contributed by atoms with Gasteiger partial charge in [0.1, 0.15) is 0 Å². The van der Waals surface area contributed by atoms with Crippen LogP contribution in [-0.4, -0.2) is 13.1 Å². The van der Waals surface area contributed by atoms with E-state index >= 15 is 0 Å². The molecule has 0 radical (unpaired) electrons. The maximum absolute atomic E-state index is 8.59. The van der Waals surface area contributed by atoms with Gasteiger partial charge in [-0.3, -0.25) is 0 Å². The van der Waals surface area contributed by atoms with Crippen LogP contribution in [0, 0.1) is 0 Å². The van der Waals surface area contributed by atoms with Gasteiger partial charge in [0.25, 0.3) is 0 Å². The van der Waals surface area contributed by atoms with Crippen molar-refractivity contribution in [1.29, 1.82) is 0 Å². The van der Waals surface area contributed by atoms with Crippen molar-refractivity contribution in [2.75, 3.05) is 13.1 Å². The number of rotatable bonds is 1. The zero-order valence-electron chi connectivity index (χ0n) is 4.12. The second-order valence-electron chi connectivity index (χ2n) is 0.743. The summed E-state index contributed by atoms with van der Waals surface area (Å²) in [5, 5.41) is 0. The number of hydrogen-bond acceptors (Lipinski definition) is 4. The molecular weight excluding hydrogens is 196 g/mol. The van der Waals surface area contributed by atoms with E-state index in [0.29, 0.717) is 13.1 Å². The Morgan fingerprint density at radius 3 is 1.50 bits per heavy atom. The zero-order valence-corrected chi connectivity index (χ0v) is 6.13. The average molecular weight is 203 g/mol. The monoisotopic (exact) mass is 205 g/mol. The summed E-state index contributed by atoms with van der Waals surface area (Å²) < 4.78 is 25.8. The van der Waals surface area contributed by atoms with Crippen molar-refractivity contribution in [1.82, 2.24) is 0 Å². The van der Waals surface area contributed by atoms with E-state index in [1.165, 1.54) is 0 Å². The Balaban J connectivity index is 0. The molecule has 0 aromatic carbocycles. The van der Waals surface area contributed by atoms with Gasteiger partial charge in [0, 0.05) is 0 Å². The van der Waals surface area contributed by atoms with E-state index in [1.54, 1.807) is 0 Å². The molecule has 0 aromatic heterocycles. The summed E-state index contributed by atoms with van der Waals surface area (Å²) >= 11 is -4.11. The van der Waals surface area contributed by atoms with Gasteiger partial charge in [0.15, 0.2) is 0 Å². The van der Waals surface area contributed by atoms with Crippen LogP contribution in [0.15, 0.2) is 0 Å². The fraction of sp³-hybridized carbons (Fsp3) is 1.00. The molecule has 0 aliphatic heterocycles. The number of nitrogens with two attached hydrogens (primary N) is 1. The first kappa shape index (κ1) is 10.9. The summed E-state index contributed by atoms with van der Waals surface area (Å²) in [6.45, 7) is 0.833. The molecule has 8 heavy (non-hydrogen) atoms. The first-order chi connectivity index (χ1) is 3.65. The molecular formula is C2H7MoN2O3-. The molecule has 0 bridgehead atoms. The van der Waals surface area contributed by atoms with Crippen molar-refractivity contribution in [3.05, 3.63) is 5.73 Å². The maximum atomic E-state index is 8.59. The van der Waals surface area contributed by atoms with Crippen LogP contribution in [0.25, 0.3) is 5.73 Å². The first-order valence-electron chi connectivity index (χ1n) is 1.76. The molecule has 0 fully saturated rings. The Morgan fingerprint density at radius 2 is 1.50 bits per heavy atom. The van der Waals surface area contributed by atoms with Crippen LogP contribution in [0.1, 0.15) is 0 Å². The van der Waals surface area contributed by atoms with Crippen LogP contribution in [0.3, 0.4) is 0 Å². The topological polar surface area (TPSA) is 101 Å². The van der Waals surface area contributed by atoms with Crippen LogP contribution in [0.2, 0.25) is 0 Å². The molecule has 0 spiro atoms. The van der Waals surface area contributed by atoms with E-state index in [1.807, 2.05) is 0 Å². The van der Waals surface area contributed by atoms with Crippen molar-refractivity contribution in [3.8, 4) is 0 Å². The molecule has 0 amide bonds. The van der Waals surface area contributed by atoms with Crippen LogP contribution >= 0.6 is 0 Å². The van der Waals surface area contributed by atoms with Crippen molar-refractivity contribution in [3.63, 3.8) is 0 Å². The third kappa shape index (κ3) is 148. The molecule has 0 rings (SSSR count). The van der Waals surface area contributed by atoms with Crippen LogP contribution in [0.5, 0.6) is 0 Å². The molecule has 0 heterocycles. The van der Waals surface area contributed by atoms with Crippen LogP contribution < -0.4 is 5.73 Å². The molecule has 6 heteroatoms. The van der Waals surface area contributed by atoms with Gasteiger partial charge >= 0.3 is 27.4 Å². The summed E-state index contributed by atoms with van der Waals surface area (Å²) in [4.78, 5) is 0. The van der Waals surface area contributed by atoms with E-state index in [-0.39, 0.29) is 0 Å². The van der Waals surface area contributed by atoms with Gasteiger partial charge in [0.2, 0.25) is 0 Å². The molecule has 0 aliphatic carbocycles. The van der Waals surface area contributed by atoms with Gasteiger partial charge < -0.3 is 11.5 Å². The Bertz CT molecular complexity index is 104. The Hall–Kier alpha value is 0.00831. The van der Waals surface area contributed by atoms with Crippen molar-refractivity contribution < 1.29 is 27.4 Å². The molecule has 0 atom stereocenters. The summed E-state index contributed by atoms with van der Waals surface area (Å²) in [7, 11) is 0. The molecule has 0 unspecified atom stereocenters. The number of hydrogen-bond donors (Lipinski definition) is 1.